The molecule has 0 aromatic rings. The van der Waals surface area contributed by atoms with Gasteiger partial charge in [0.15, 0.2) is 0 Å². The van der Waals surface area contributed by atoms with Crippen molar-refractivity contribution in [3.63, 3.8) is 0 Å². The Hall–Kier alpha value is -0.380. The highest BCUT2D eigenvalue weighted by Gasteiger charge is 2.28. The molecular formula is C14H26N2OS. The minimum Gasteiger partial charge on any atom is -0.335 e. The number of rotatable bonds is 3. The molecule has 0 spiro atoms. The fourth-order valence-electron chi connectivity index (χ4n) is 2.94. The molecule has 0 bridgehead atoms. The summed E-state index contributed by atoms with van der Waals surface area (Å²) in [6, 6.07) is 0.593. The molecule has 2 fully saturated rings. The van der Waals surface area contributed by atoms with Crippen molar-refractivity contribution < 1.29 is 4.79 Å². The van der Waals surface area contributed by atoms with Gasteiger partial charge in [-0.1, -0.05) is 13.8 Å². The van der Waals surface area contributed by atoms with Crippen LogP contribution in [0.15, 0.2) is 0 Å². The molecular weight excluding hydrogens is 244 g/mol. The average Bonchev–Trinajstić information content (AvgIpc) is 2.78. The van der Waals surface area contributed by atoms with Crippen LogP contribution < -0.4 is 5.32 Å². The first-order chi connectivity index (χ1) is 8.69. The zero-order valence-electron chi connectivity index (χ0n) is 11.7. The van der Waals surface area contributed by atoms with Crippen LogP contribution in [0.5, 0.6) is 0 Å². The van der Waals surface area contributed by atoms with Crippen molar-refractivity contribution in [3.8, 4) is 0 Å². The molecule has 1 heterocycles. The number of piperidine rings is 1. The van der Waals surface area contributed by atoms with E-state index in [1.54, 1.807) is 0 Å². The zero-order chi connectivity index (χ0) is 13.0. The first-order valence-electron chi connectivity index (χ1n) is 7.36. The Bertz CT molecular complexity index is 277. The molecule has 3 nitrogen and oxygen atoms in total. The molecule has 0 radical (unpaired) electrons. The summed E-state index contributed by atoms with van der Waals surface area (Å²) in [6.07, 6.45) is 5.90. The van der Waals surface area contributed by atoms with E-state index in [-0.39, 0.29) is 6.03 Å². The van der Waals surface area contributed by atoms with Crippen molar-refractivity contribution in [2.75, 3.05) is 18.8 Å². The molecule has 1 N–H and O–H groups in total. The van der Waals surface area contributed by atoms with Gasteiger partial charge in [-0.3, -0.25) is 0 Å². The summed E-state index contributed by atoms with van der Waals surface area (Å²) in [5.74, 6) is 1.97. The fourth-order valence-corrected chi connectivity index (χ4v) is 4.08. The lowest BCUT2D eigenvalue weighted by molar-refractivity contribution is 0.170. The number of urea groups is 1. The van der Waals surface area contributed by atoms with Gasteiger partial charge in [0.05, 0.1) is 0 Å². The number of hydrogen-bond acceptors (Lipinski definition) is 2. The smallest absolute Gasteiger partial charge is 0.317 e. The number of nitrogens with one attached hydrogen (secondary N) is 1. The summed E-state index contributed by atoms with van der Waals surface area (Å²) in [4.78, 5) is 14.1. The highest BCUT2D eigenvalue weighted by molar-refractivity contribution is 7.99. The molecule has 1 aliphatic heterocycles. The van der Waals surface area contributed by atoms with Gasteiger partial charge < -0.3 is 10.2 Å². The van der Waals surface area contributed by atoms with E-state index in [4.69, 9.17) is 0 Å². The van der Waals surface area contributed by atoms with E-state index in [0.717, 1.165) is 49.9 Å². The van der Waals surface area contributed by atoms with Crippen molar-refractivity contribution >= 4 is 17.8 Å². The average molecular weight is 270 g/mol. The molecule has 1 aliphatic carbocycles. The van der Waals surface area contributed by atoms with Crippen LogP contribution in [-0.2, 0) is 0 Å². The SMILES string of the molecule is CCSC1CCC(NC(=O)N2CCC(C)CC2)C1. The quantitative estimate of drug-likeness (QED) is 0.854. The second-order valence-electron chi connectivity index (χ2n) is 5.71. The van der Waals surface area contributed by atoms with Gasteiger partial charge in [-0.2, -0.15) is 11.8 Å². The maximum atomic E-state index is 12.1. The molecule has 2 atom stereocenters. The Balaban J connectivity index is 1.71. The van der Waals surface area contributed by atoms with Crippen LogP contribution in [0.3, 0.4) is 0 Å². The van der Waals surface area contributed by atoms with Crippen LogP contribution in [-0.4, -0.2) is 41.1 Å². The van der Waals surface area contributed by atoms with E-state index in [9.17, 15) is 4.79 Å². The van der Waals surface area contributed by atoms with Gasteiger partial charge in [0.1, 0.15) is 0 Å². The van der Waals surface area contributed by atoms with Gasteiger partial charge in [0, 0.05) is 24.4 Å². The molecule has 2 rings (SSSR count). The molecule has 2 unspecified atom stereocenters. The second-order valence-corrected chi connectivity index (χ2v) is 7.28. The lowest BCUT2D eigenvalue weighted by Gasteiger charge is -2.31. The first-order valence-corrected chi connectivity index (χ1v) is 8.41. The Kier molecular flexibility index (Phi) is 5.22. The van der Waals surface area contributed by atoms with E-state index in [1.165, 1.54) is 12.2 Å². The van der Waals surface area contributed by atoms with Crippen molar-refractivity contribution in [2.24, 2.45) is 5.92 Å². The van der Waals surface area contributed by atoms with Crippen LogP contribution in [0, 0.1) is 5.92 Å². The Labute approximate surface area is 115 Å². The molecule has 4 heteroatoms. The monoisotopic (exact) mass is 270 g/mol. The van der Waals surface area contributed by atoms with E-state index in [2.05, 4.69) is 19.2 Å². The molecule has 104 valence electrons. The summed E-state index contributed by atoms with van der Waals surface area (Å²) < 4.78 is 0. The van der Waals surface area contributed by atoms with Crippen molar-refractivity contribution in [2.45, 2.75) is 57.2 Å². The maximum Gasteiger partial charge on any atom is 0.317 e. The molecule has 1 saturated carbocycles. The predicted octanol–water partition coefficient (Wildman–Crippen LogP) is 3.10. The third kappa shape index (κ3) is 3.81. The Morgan fingerprint density at radius 3 is 2.67 bits per heavy atom. The van der Waals surface area contributed by atoms with Gasteiger partial charge in [-0.25, -0.2) is 4.79 Å². The normalized spacial score (nSPS) is 29.6. The van der Waals surface area contributed by atoms with Crippen LogP contribution in [0.1, 0.15) is 46.0 Å². The maximum absolute atomic E-state index is 12.1. The van der Waals surface area contributed by atoms with Gasteiger partial charge in [-0.15, -0.1) is 0 Å². The number of nitrogens with zero attached hydrogens (tertiary/aromatic N) is 1. The van der Waals surface area contributed by atoms with E-state index < -0.39 is 0 Å². The molecule has 2 aliphatic rings. The Morgan fingerprint density at radius 1 is 1.28 bits per heavy atom. The highest BCUT2D eigenvalue weighted by atomic mass is 32.2. The number of thioether (sulfide) groups is 1. The Morgan fingerprint density at radius 2 is 2.00 bits per heavy atom. The third-order valence-electron chi connectivity index (χ3n) is 4.19. The third-order valence-corrected chi connectivity index (χ3v) is 5.42. The fraction of sp³-hybridized carbons (Fsp3) is 0.929. The number of likely N-dealkylation sites (tertiary alicyclic amines) is 1. The predicted molar refractivity (Wildman–Crippen MR) is 78.1 cm³/mol. The molecule has 18 heavy (non-hydrogen) atoms. The highest BCUT2D eigenvalue weighted by Crippen LogP contribution is 2.29. The lowest BCUT2D eigenvalue weighted by Crippen LogP contribution is -2.47. The minimum absolute atomic E-state index is 0.175. The van der Waals surface area contributed by atoms with Gasteiger partial charge in [-0.05, 0) is 43.8 Å². The van der Waals surface area contributed by atoms with Gasteiger partial charge in [0.25, 0.3) is 0 Å². The standard InChI is InChI=1S/C14H26N2OS/c1-3-18-13-5-4-12(10-13)15-14(17)16-8-6-11(2)7-9-16/h11-13H,3-10H2,1-2H3,(H,15,17). The van der Waals surface area contributed by atoms with Gasteiger partial charge >= 0.3 is 6.03 Å². The molecule has 0 aromatic carbocycles. The van der Waals surface area contributed by atoms with Crippen LogP contribution in [0.25, 0.3) is 0 Å². The van der Waals surface area contributed by atoms with Crippen LogP contribution in [0.4, 0.5) is 4.79 Å². The van der Waals surface area contributed by atoms with Crippen LogP contribution in [0.2, 0.25) is 0 Å². The van der Waals surface area contributed by atoms with Crippen LogP contribution >= 0.6 is 11.8 Å². The summed E-state index contributed by atoms with van der Waals surface area (Å²) in [7, 11) is 0. The second kappa shape index (κ2) is 6.69. The lowest BCUT2D eigenvalue weighted by atomic mass is 10.00. The summed E-state index contributed by atoms with van der Waals surface area (Å²) in [6.45, 7) is 6.37. The van der Waals surface area contributed by atoms with Crippen molar-refractivity contribution in [3.05, 3.63) is 0 Å². The molecule has 0 aromatic heterocycles. The van der Waals surface area contributed by atoms with Gasteiger partial charge in [0.2, 0.25) is 0 Å². The first kappa shape index (κ1) is 14.0. The largest absolute Gasteiger partial charge is 0.335 e. The minimum atomic E-state index is 0.175. The van der Waals surface area contributed by atoms with E-state index in [1.807, 2.05) is 16.7 Å². The zero-order valence-corrected chi connectivity index (χ0v) is 12.5. The molecule has 2 amide bonds. The summed E-state index contributed by atoms with van der Waals surface area (Å²) in [5.41, 5.74) is 0. The van der Waals surface area contributed by atoms with Crippen molar-refractivity contribution in [1.82, 2.24) is 10.2 Å². The number of carbonyl (C=O) groups is 1. The molecule has 1 saturated heterocycles. The topological polar surface area (TPSA) is 32.3 Å². The van der Waals surface area contributed by atoms with E-state index >= 15 is 0 Å². The summed E-state index contributed by atoms with van der Waals surface area (Å²) in [5, 5.41) is 3.99. The number of carbonyl (C=O) groups excluding carboxylic acids is 1. The van der Waals surface area contributed by atoms with Crippen molar-refractivity contribution in [1.29, 1.82) is 0 Å². The van der Waals surface area contributed by atoms with E-state index in [0.29, 0.717) is 6.04 Å². The summed E-state index contributed by atoms with van der Waals surface area (Å²) >= 11 is 2.04. The number of hydrogen-bond donors (Lipinski definition) is 1. The number of amides is 2.